The van der Waals surface area contributed by atoms with Gasteiger partial charge in [0, 0.05) is 4.88 Å². The number of hydrogen-bond acceptors (Lipinski definition) is 9. The molecule has 0 aliphatic heterocycles. The number of nitrogens with zero attached hydrogens (tertiary/aromatic N) is 2. The summed E-state index contributed by atoms with van der Waals surface area (Å²) in [5.41, 5.74) is 1.07. The van der Waals surface area contributed by atoms with Gasteiger partial charge in [-0.05, 0) is 38.0 Å². The lowest BCUT2D eigenvalue weighted by Crippen LogP contribution is -2.27. The van der Waals surface area contributed by atoms with Gasteiger partial charge in [0.05, 0.1) is 30.5 Å². The second kappa shape index (κ2) is 10.8. The first-order chi connectivity index (χ1) is 17.3. The first-order valence-corrected chi connectivity index (χ1v) is 12.8. The second-order valence-electron chi connectivity index (χ2n) is 7.62. The third-order valence-corrected chi connectivity index (χ3v) is 7.51. The van der Waals surface area contributed by atoms with Crippen LogP contribution in [-0.4, -0.2) is 40.6 Å². The number of benzene rings is 1. The van der Waals surface area contributed by atoms with Gasteiger partial charge in [-0.2, -0.15) is 0 Å². The van der Waals surface area contributed by atoms with Crippen molar-refractivity contribution in [1.29, 1.82) is 0 Å². The Morgan fingerprint density at radius 1 is 1.03 bits per heavy atom. The molecule has 3 aromatic heterocycles. The van der Waals surface area contributed by atoms with Crippen LogP contribution in [0, 0.1) is 6.92 Å². The minimum Gasteiger partial charge on any atom is -0.462 e. The van der Waals surface area contributed by atoms with E-state index in [9.17, 15) is 19.2 Å². The van der Waals surface area contributed by atoms with Crippen LogP contribution in [0.25, 0.3) is 20.7 Å². The molecule has 0 atom stereocenters. The Labute approximate surface area is 214 Å². The lowest BCUT2D eigenvalue weighted by molar-refractivity contribution is -0.116. The van der Waals surface area contributed by atoms with E-state index in [2.05, 4.69) is 10.3 Å². The van der Waals surface area contributed by atoms with Crippen LogP contribution in [0.5, 0.6) is 0 Å². The zero-order valence-electron chi connectivity index (χ0n) is 19.8. The second-order valence-corrected chi connectivity index (χ2v) is 9.67. The fourth-order valence-electron chi connectivity index (χ4n) is 3.58. The number of carbonyl (C=O) groups is 3. The largest absolute Gasteiger partial charge is 0.462 e. The summed E-state index contributed by atoms with van der Waals surface area (Å²) in [7, 11) is 0. The van der Waals surface area contributed by atoms with Crippen LogP contribution in [0.4, 0.5) is 5.00 Å². The van der Waals surface area contributed by atoms with Gasteiger partial charge in [0.2, 0.25) is 5.91 Å². The highest BCUT2D eigenvalue weighted by Crippen LogP contribution is 2.34. The molecule has 11 heteroatoms. The van der Waals surface area contributed by atoms with Gasteiger partial charge in [-0.25, -0.2) is 14.6 Å². The van der Waals surface area contributed by atoms with Gasteiger partial charge < -0.3 is 14.8 Å². The number of nitrogens with one attached hydrogen (secondary N) is 1. The fraction of sp³-hybridized carbons (Fsp3) is 0.240. The van der Waals surface area contributed by atoms with Crippen molar-refractivity contribution in [2.24, 2.45) is 0 Å². The summed E-state index contributed by atoms with van der Waals surface area (Å²) in [5, 5.41) is 3.22. The first-order valence-electron chi connectivity index (χ1n) is 11.2. The number of ether oxygens (including phenoxy) is 2. The third kappa shape index (κ3) is 5.07. The maximum atomic E-state index is 13.1. The number of hydrogen-bond donors (Lipinski definition) is 1. The third-order valence-electron chi connectivity index (χ3n) is 5.23. The van der Waals surface area contributed by atoms with Crippen LogP contribution in [0.1, 0.15) is 39.4 Å². The lowest BCUT2D eigenvalue weighted by atomic mass is 10.1. The molecule has 0 saturated carbocycles. The van der Waals surface area contributed by atoms with Gasteiger partial charge in [0.1, 0.15) is 21.3 Å². The fourth-order valence-corrected chi connectivity index (χ4v) is 5.68. The number of carbonyl (C=O) groups excluding carboxylic acids is 3. The molecular weight excluding hydrogens is 502 g/mol. The number of thiophene rings is 2. The van der Waals surface area contributed by atoms with Crippen molar-refractivity contribution >= 4 is 55.7 Å². The molecule has 1 aromatic carbocycles. The van der Waals surface area contributed by atoms with Gasteiger partial charge in [-0.15, -0.1) is 22.7 Å². The van der Waals surface area contributed by atoms with Crippen LogP contribution < -0.4 is 10.9 Å². The van der Waals surface area contributed by atoms with Crippen molar-refractivity contribution in [3.05, 3.63) is 69.1 Å². The van der Waals surface area contributed by atoms with E-state index in [0.29, 0.717) is 15.8 Å². The topological polar surface area (TPSA) is 117 Å². The molecule has 0 aliphatic carbocycles. The number of anilines is 1. The summed E-state index contributed by atoms with van der Waals surface area (Å²) in [5.74, 6) is -1.81. The molecule has 186 valence electrons. The molecular formula is C25H23N3O6S2. The van der Waals surface area contributed by atoms with Crippen LogP contribution in [0.2, 0.25) is 0 Å². The molecule has 3 heterocycles. The van der Waals surface area contributed by atoms with Gasteiger partial charge >= 0.3 is 11.9 Å². The van der Waals surface area contributed by atoms with Crippen molar-refractivity contribution in [2.75, 3.05) is 18.5 Å². The Kier molecular flexibility index (Phi) is 7.61. The van der Waals surface area contributed by atoms with Crippen molar-refractivity contribution in [1.82, 2.24) is 9.55 Å². The summed E-state index contributed by atoms with van der Waals surface area (Å²) >= 11 is 2.32. The predicted molar refractivity (Wildman–Crippen MR) is 139 cm³/mol. The van der Waals surface area contributed by atoms with Crippen LogP contribution in [0.15, 0.2) is 47.5 Å². The molecule has 0 radical (unpaired) electrons. The molecule has 9 nitrogen and oxygen atoms in total. The smallest absolute Gasteiger partial charge is 0.348 e. The van der Waals surface area contributed by atoms with Crippen LogP contribution in [-0.2, 0) is 20.8 Å². The predicted octanol–water partition coefficient (Wildman–Crippen LogP) is 4.49. The van der Waals surface area contributed by atoms with E-state index in [0.717, 1.165) is 21.8 Å². The highest BCUT2D eigenvalue weighted by molar-refractivity contribution is 7.21. The maximum absolute atomic E-state index is 13.1. The monoisotopic (exact) mass is 525 g/mol. The minimum atomic E-state index is -0.663. The van der Waals surface area contributed by atoms with Gasteiger partial charge in [0.15, 0.2) is 0 Å². The highest BCUT2D eigenvalue weighted by atomic mass is 32.1. The highest BCUT2D eigenvalue weighted by Gasteiger charge is 2.27. The molecule has 4 aromatic rings. The Morgan fingerprint density at radius 2 is 1.72 bits per heavy atom. The average molecular weight is 526 g/mol. The Morgan fingerprint density at radius 3 is 2.42 bits per heavy atom. The zero-order chi connectivity index (χ0) is 25.8. The molecule has 0 bridgehead atoms. The normalized spacial score (nSPS) is 10.9. The van der Waals surface area contributed by atoms with Gasteiger partial charge in [-0.1, -0.05) is 30.3 Å². The number of amides is 1. The van der Waals surface area contributed by atoms with Gasteiger partial charge in [0.25, 0.3) is 5.56 Å². The lowest BCUT2D eigenvalue weighted by Gasteiger charge is -2.08. The number of esters is 2. The molecule has 1 amide bonds. The van der Waals surface area contributed by atoms with Crippen LogP contribution >= 0.6 is 22.7 Å². The van der Waals surface area contributed by atoms with E-state index < -0.39 is 17.8 Å². The van der Waals surface area contributed by atoms with Crippen LogP contribution in [0.3, 0.4) is 0 Å². The Balaban J connectivity index is 1.61. The van der Waals surface area contributed by atoms with Crippen molar-refractivity contribution in [3.8, 4) is 10.4 Å². The van der Waals surface area contributed by atoms with Crippen molar-refractivity contribution < 1.29 is 23.9 Å². The van der Waals surface area contributed by atoms with E-state index in [-0.39, 0.29) is 40.8 Å². The molecule has 1 N–H and O–H groups in total. The summed E-state index contributed by atoms with van der Waals surface area (Å²) < 4.78 is 11.4. The molecule has 0 unspecified atom stereocenters. The Bertz CT molecular complexity index is 1500. The van der Waals surface area contributed by atoms with Crippen molar-refractivity contribution in [3.63, 3.8) is 0 Å². The summed E-state index contributed by atoms with van der Waals surface area (Å²) in [4.78, 5) is 56.9. The molecule has 0 fully saturated rings. The zero-order valence-corrected chi connectivity index (χ0v) is 21.5. The molecule has 0 saturated heterocycles. The van der Waals surface area contributed by atoms with E-state index in [1.807, 2.05) is 30.3 Å². The molecule has 36 heavy (non-hydrogen) atoms. The number of aromatic nitrogens is 2. The summed E-state index contributed by atoms with van der Waals surface area (Å²) in [6.07, 6.45) is 1.32. The first kappa shape index (κ1) is 25.3. The molecule has 0 aliphatic rings. The number of fused-ring (bicyclic) bond motifs is 1. The summed E-state index contributed by atoms with van der Waals surface area (Å²) in [6.45, 7) is 4.89. The quantitative estimate of drug-likeness (QED) is 0.337. The molecule has 0 spiro atoms. The van der Waals surface area contributed by atoms with E-state index >= 15 is 0 Å². The average Bonchev–Trinajstić information content (AvgIpc) is 3.43. The standard InChI is InChI=1S/C25H23N3O6S2/c1-4-33-24(31)19-14(3)20(25(32)34-5-2)36-22(19)27-18(29)12-28-13-26-21-16(23(28)30)11-17(35-21)15-9-7-6-8-10-15/h6-11,13H,4-5,12H2,1-3H3,(H,27,29). The van der Waals surface area contributed by atoms with E-state index in [1.54, 1.807) is 26.8 Å². The minimum absolute atomic E-state index is 0.0875. The van der Waals surface area contributed by atoms with E-state index in [4.69, 9.17) is 9.47 Å². The SMILES string of the molecule is CCOC(=O)c1sc(NC(=O)Cn2cnc3sc(-c4ccccc4)cc3c2=O)c(C(=O)OCC)c1C. The van der Waals surface area contributed by atoms with Crippen molar-refractivity contribution in [2.45, 2.75) is 27.3 Å². The summed E-state index contributed by atoms with van der Waals surface area (Å²) in [6, 6.07) is 11.4. The molecule has 4 rings (SSSR count). The maximum Gasteiger partial charge on any atom is 0.348 e. The number of rotatable bonds is 8. The van der Waals surface area contributed by atoms with E-state index in [1.165, 1.54) is 22.2 Å². The Hall–Kier alpha value is -3.83. The van der Waals surface area contributed by atoms with Gasteiger partial charge in [-0.3, -0.25) is 14.2 Å².